The maximum Gasteiger partial charge on any atom is 0.459 e. The minimum atomic E-state index is -4.00. The van der Waals surface area contributed by atoms with Gasteiger partial charge in [0.25, 0.3) is 0 Å². The van der Waals surface area contributed by atoms with Crippen LogP contribution in [-0.2, 0) is 13.9 Å². The molecule has 1 aliphatic rings. The highest BCUT2D eigenvalue weighted by atomic mass is 79.9. The molecule has 186 valence electrons. The molecule has 0 saturated heterocycles. The fourth-order valence-corrected chi connectivity index (χ4v) is 5.46. The van der Waals surface area contributed by atoms with Crippen molar-refractivity contribution in [1.29, 1.82) is 0 Å². The Balaban J connectivity index is 1.46. The fourth-order valence-electron chi connectivity index (χ4n) is 3.64. The van der Waals surface area contributed by atoms with E-state index < -0.39 is 19.8 Å². The Bertz CT molecular complexity index is 1300. The van der Waals surface area contributed by atoms with Gasteiger partial charge in [-0.3, -0.25) is 9.32 Å². The number of allylic oxidation sites excluding steroid dienone is 1. The van der Waals surface area contributed by atoms with Crippen molar-refractivity contribution in [2.45, 2.75) is 25.4 Å². The standard InChI is InChI=1S/C21H25BrN7O5P/c1-12(20(30)31)28-35(32,34-16-7-4-14(22)5-8-16)33-10-13-3-6-15(9-13)29-11-25-17-18(24-2)26-21(23)27-19(17)29/h3-8,11-13,15H,9-10H2,1-2H3,(H,28,32)(H,30,31)(H3,23,24,26,27)/t12?,13-,15+,35?/m1/s1. The van der Waals surface area contributed by atoms with E-state index >= 15 is 0 Å². The molecule has 0 saturated carbocycles. The lowest BCUT2D eigenvalue weighted by Crippen LogP contribution is -2.33. The lowest BCUT2D eigenvalue weighted by molar-refractivity contribution is -0.138. The highest BCUT2D eigenvalue weighted by molar-refractivity contribution is 9.10. The average Bonchev–Trinajstić information content (AvgIpc) is 3.45. The van der Waals surface area contributed by atoms with E-state index in [1.165, 1.54) is 6.92 Å². The molecule has 2 heterocycles. The number of carbonyl (C=O) groups is 1. The predicted octanol–water partition coefficient (Wildman–Crippen LogP) is 3.60. The topological polar surface area (TPSA) is 167 Å². The number of fused-ring (bicyclic) bond motifs is 1. The number of nitrogens with two attached hydrogens (primary N) is 1. The van der Waals surface area contributed by atoms with Crippen LogP contribution in [0.3, 0.4) is 0 Å². The first kappa shape index (κ1) is 25.1. The number of hydrogen-bond acceptors (Lipinski definition) is 9. The zero-order chi connectivity index (χ0) is 25.2. The molecule has 4 rings (SSSR count). The smallest absolute Gasteiger partial charge is 0.459 e. The van der Waals surface area contributed by atoms with E-state index in [0.29, 0.717) is 23.4 Å². The lowest BCUT2D eigenvalue weighted by Gasteiger charge is -2.23. The van der Waals surface area contributed by atoms with Crippen LogP contribution in [0, 0.1) is 5.92 Å². The van der Waals surface area contributed by atoms with E-state index in [9.17, 15) is 14.5 Å². The minimum absolute atomic E-state index is 0.0473. The Morgan fingerprint density at radius 2 is 2.09 bits per heavy atom. The largest absolute Gasteiger partial charge is 0.480 e. The van der Waals surface area contributed by atoms with Crippen LogP contribution < -0.4 is 20.7 Å². The van der Waals surface area contributed by atoms with Gasteiger partial charge in [0.05, 0.1) is 19.0 Å². The zero-order valence-corrected chi connectivity index (χ0v) is 21.4. The molecule has 2 aromatic heterocycles. The van der Waals surface area contributed by atoms with Crippen LogP contribution in [-0.4, -0.2) is 50.3 Å². The quantitative estimate of drug-likeness (QED) is 0.209. The fraction of sp³-hybridized carbons (Fsp3) is 0.333. The Morgan fingerprint density at radius 1 is 1.34 bits per heavy atom. The molecule has 0 spiro atoms. The van der Waals surface area contributed by atoms with Gasteiger partial charge in [0.15, 0.2) is 17.0 Å². The number of hydrogen-bond donors (Lipinski definition) is 4. The van der Waals surface area contributed by atoms with E-state index in [1.807, 2.05) is 16.7 Å². The number of rotatable bonds is 10. The van der Waals surface area contributed by atoms with Crippen molar-refractivity contribution in [2.75, 3.05) is 24.7 Å². The summed E-state index contributed by atoms with van der Waals surface area (Å²) in [5, 5.41) is 14.7. The number of nitrogens with zero attached hydrogens (tertiary/aromatic N) is 4. The molecule has 12 nitrogen and oxygen atoms in total. The summed E-state index contributed by atoms with van der Waals surface area (Å²) in [6, 6.07) is 5.43. The van der Waals surface area contributed by atoms with Crippen molar-refractivity contribution in [3.05, 3.63) is 47.2 Å². The Morgan fingerprint density at radius 3 is 2.77 bits per heavy atom. The van der Waals surface area contributed by atoms with E-state index in [0.717, 1.165) is 4.47 Å². The third-order valence-electron chi connectivity index (χ3n) is 5.40. The molecule has 1 aromatic carbocycles. The number of halogens is 1. The summed E-state index contributed by atoms with van der Waals surface area (Å²) in [7, 11) is -2.27. The summed E-state index contributed by atoms with van der Waals surface area (Å²) in [5.74, 6) is -0.329. The van der Waals surface area contributed by atoms with E-state index in [2.05, 4.69) is 41.3 Å². The predicted molar refractivity (Wildman–Crippen MR) is 134 cm³/mol. The second-order valence-corrected chi connectivity index (χ2v) is 10.6. The van der Waals surface area contributed by atoms with Crippen LogP contribution in [0.2, 0.25) is 0 Å². The third-order valence-corrected chi connectivity index (χ3v) is 7.57. The van der Waals surface area contributed by atoms with Crippen molar-refractivity contribution >= 4 is 52.6 Å². The van der Waals surface area contributed by atoms with Crippen LogP contribution in [0.1, 0.15) is 19.4 Å². The number of carboxylic acids is 1. The molecule has 2 unspecified atom stereocenters. The normalized spacial score (nSPS) is 20.0. The first-order valence-electron chi connectivity index (χ1n) is 10.7. The van der Waals surface area contributed by atoms with Gasteiger partial charge in [-0.15, -0.1) is 0 Å². The van der Waals surface area contributed by atoms with Crippen LogP contribution in [0.25, 0.3) is 11.2 Å². The second kappa shape index (κ2) is 10.3. The molecule has 0 fully saturated rings. The SMILES string of the molecule is CNc1nc(N)nc2c1ncn2[C@H]1C=C[C@@H](COP(=O)(NC(C)C(=O)O)Oc2ccc(Br)cc2)C1. The van der Waals surface area contributed by atoms with Gasteiger partial charge in [0.2, 0.25) is 5.95 Å². The summed E-state index contributed by atoms with van der Waals surface area (Å²) >= 11 is 3.33. The zero-order valence-electron chi connectivity index (χ0n) is 19.0. The van der Waals surface area contributed by atoms with Crippen molar-refractivity contribution in [2.24, 2.45) is 5.92 Å². The molecule has 0 bridgehead atoms. The Kier molecular flexibility index (Phi) is 7.41. The first-order valence-corrected chi connectivity index (χ1v) is 13.1. The third kappa shape index (κ3) is 5.81. The van der Waals surface area contributed by atoms with Crippen LogP contribution >= 0.6 is 23.7 Å². The monoisotopic (exact) mass is 565 g/mol. The highest BCUT2D eigenvalue weighted by Gasteiger charge is 2.33. The van der Waals surface area contributed by atoms with Gasteiger partial charge in [0, 0.05) is 17.4 Å². The maximum atomic E-state index is 13.4. The van der Waals surface area contributed by atoms with Gasteiger partial charge in [-0.2, -0.15) is 15.1 Å². The van der Waals surface area contributed by atoms with Crippen LogP contribution in [0.5, 0.6) is 5.75 Å². The summed E-state index contributed by atoms with van der Waals surface area (Å²) in [5.41, 5.74) is 7.05. The number of aliphatic carboxylic acids is 1. The average molecular weight is 566 g/mol. The number of benzene rings is 1. The Labute approximate surface area is 209 Å². The van der Waals surface area contributed by atoms with Gasteiger partial charge >= 0.3 is 13.7 Å². The molecule has 0 aliphatic heterocycles. The molecule has 5 N–H and O–H groups in total. The minimum Gasteiger partial charge on any atom is -0.480 e. The van der Waals surface area contributed by atoms with Crippen molar-refractivity contribution in [1.82, 2.24) is 24.6 Å². The number of imidazole rings is 1. The molecule has 35 heavy (non-hydrogen) atoms. The second-order valence-electron chi connectivity index (χ2n) is 7.98. The van der Waals surface area contributed by atoms with E-state index in [-0.39, 0.29) is 30.3 Å². The summed E-state index contributed by atoms with van der Waals surface area (Å²) < 4.78 is 27.4. The lowest BCUT2D eigenvalue weighted by atomic mass is 10.1. The summed E-state index contributed by atoms with van der Waals surface area (Å²) in [6.07, 6.45) is 6.23. The highest BCUT2D eigenvalue weighted by Crippen LogP contribution is 2.46. The summed E-state index contributed by atoms with van der Waals surface area (Å²) in [6.45, 7) is 1.41. The van der Waals surface area contributed by atoms with E-state index in [4.69, 9.17) is 14.8 Å². The van der Waals surface area contributed by atoms with Gasteiger partial charge in [-0.1, -0.05) is 28.1 Å². The van der Waals surface area contributed by atoms with E-state index in [1.54, 1.807) is 37.6 Å². The molecule has 0 amide bonds. The number of aromatic nitrogens is 4. The molecular formula is C21H25BrN7O5P. The molecule has 14 heteroatoms. The Hall–Kier alpha value is -2.99. The summed E-state index contributed by atoms with van der Waals surface area (Å²) in [4.78, 5) is 24.2. The molecule has 1 aliphatic carbocycles. The molecule has 3 aromatic rings. The molecule has 4 atom stereocenters. The maximum absolute atomic E-state index is 13.4. The van der Waals surface area contributed by atoms with Crippen molar-refractivity contribution < 1.29 is 23.5 Å². The van der Waals surface area contributed by atoms with Crippen LogP contribution in [0.15, 0.2) is 47.2 Å². The number of carboxylic acid groups (broad SMARTS) is 1. The first-order chi connectivity index (χ1) is 16.7. The van der Waals surface area contributed by atoms with Crippen molar-refractivity contribution in [3.8, 4) is 5.75 Å². The van der Waals surface area contributed by atoms with Gasteiger partial charge < -0.3 is 25.2 Å². The van der Waals surface area contributed by atoms with Gasteiger partial charge in [0.1, 0.15) is 11.8 Å². The van der Waals surface area contributed by atoms with Gasteiger partial charge in [-0.25, -0.2) is 9.55 Å². The van der Waals surface area contributed by atoms with Crippen molar-refractivity contribution in [3.63, 3.8) is 0 Å². The number of nitrogen functional groups attached to an aromatic ring is 1. The number of anilines is 2. The van der Waals surface area contributed by atoms with Crippen LogP contribution in [0.4, 0.5) is 11.8 Å². The molecule has 0 radical (unpaired) electrons. The van der Waals surface area contributed by atoms with Gasteiger partial charge in [-0.05, 0) is 37.6 Å². The number of nitrogens with one attached hydrogen (secondary N) is 2. The molecular weight excluding hydrogens is 541 g/mol.